The average Bonchev–Trinajstić information content (AvgIpc) is 2.43. The Morgan fingerprint density at radius 1 is 1.29 bits per heavy atom. The fraction of sp³-hybridized carbons (Fsp3) is 0.909. The summed E-state index contributed by atoms with van der Waals surface area (Å²) < 4.78 is 5.71. The zero-order valence-electron chi connectivity index (χ0n) is 9.29. The molecule has 3 heteroatoms. The third kappa shape index (κ3) is 1.49. The monoisotopic (exact) mass is 196 g/mol. The molecule has 1 aliphatic carbocycles. The van der Waals surface area contributed by atoms with Crippen LogP contribution in [-0.4, -0.2) is 18.2 Å². The van der Waals surface area contributed by atoms with E-state index in [2.05, 4.69) is 25.8 Å². The highest BCUT2D eigenvalue weighted by Crippen LogP contribution is 2.43. The van der Waals surface area contributed by atoms with Crippen molar-refractivity contribution in [3.05, 3.63) is 0 Å². The molecule has 0 radical (unpaired) electrons. The van der Waals surface area contributed by atoms with Gasteiger partial charge in [0.15, 0.2) is 0 Å². The lowest BCUT2D eigenvalue weighted by Crippen LogP contribution is -2.45. The second-order valence-electron chi connectivity index (χ2n) is 5.16. The molecular formula is C11H20N2O. The minimum Gasteiger partial charge on any atom is -0.457 e. The van der Waals surface area contributed by atoms with Crippen LogP contribution in [0.15, 0.2) is 4.99 Å². The van der Waals surface area contributed by atoms with Crippen molar-refractivity contribution < 1.29 is 4.74 Å². The predicted octanol–water partition coefficient (Wildman–Crippen LogP) is 1.77. The van der Waals surface area contributed by atoms with Crippen LogP contribution in [0.25, 0.3) is 0 Å². The van der Waals surface area contributed by atoms with Crippen LogP contribution >= 0.6 is 0 Å². The molecule has 2 atom stereocenters. The van der Waals surface area contributed by atoms with Gasteiger partial charge in [-0.15, -0.1) is 0 Å². The maximum atomic E-state index is 5.71. The Hall–Kier alpha value is -0.730. The van der Waals surface area contributed by atoms with Gasteiger partial charge in [0.25, 0.3) is 6.02 Å². The van der Waals surface area contributed by atoms with Gasteiger partial charge in [-0.2, -0.15) is 0 Å². The standard InChI is InChI=1S/C11H20N2O/c1-7-4-11(5-8(2)9(7)3)6-13-10(12)14-11/h7-9H,4-6H2,1-3H3,(H2,12,13). The quantitative estimate of drug-likeness (QED) is 0.642. The van der Waals surface area contributed by atoms with Crippen LogP contribution in [0.1, 0.15) is 33.6 Å². The molecule has 0 aromatic rings. The second-order valence-corrected chi connectivity index (χ2v) is 5.16. The highest BCUT2D eigenvalue weighted by atomic mass is 16.5. The summed E-state index contributed by atoms with van der Waals surface area (Å²) in [5, 5.41) is 0. The number of hydrogen-bond acceptors (Lipinski definition) is 3. The molecule has 2 aliphatic rings. The van der Waals surface area contributed by atoms with Gasteiger partial charge in [-0.1, -0.05) is 20.8 Å². The van der Waals surface area contributed by atoms with Crippen LogP contribution in [0.5, 0.6) is 0 Å². The van der Waals surface area contributed by atoms with Crippen molar-refractivity contribution in [2.45, 2.75) is 39.2 Å². The van der Waals surface area contributed by atoms with Crippen molar-refractivity contribution >= 4 is 6.02 Å². The van der Waals surface area contributed by atoms with Crippen molar-refractivity contribution in [1.82, 2.24) is 0 Å². The number of hydrogen-bond donors (Lipinski definition) is 1. The fourth-order valence-corrected chi connectivity index (χ4v) is 2.91. The van der Waals surface area contributed by atoms with Crippen LogP contribution in [0.4, 0.5) is 0 Å². The van der Waals surface area contributed by atoms with Crippen LogP contribution in [0.2, 0.25) is 0 Å². The minimum atomic E-state index is -0.0601. The van der Waals surface area contributed by atoms with E-state index >= 15 is 0 Å². The van der Waals surface area contributed by atoms with E-state index in [1.54, 1.807) is 0 Å². The summed E-state index contributed by atoms with van der Waals surface area (Å²) in [6.07, 6.45) is 2.20. The third-order valence-electron chi connectivity index (χ3n) is 4.03. The first-order chi connectivity index (χ1) is 6.52. The van der Waals surface area contributed by atoms with Gasteiger partial charge in [0, 0.05) is 0 Å². The van der Waals surface area contributed by atoms with Gasteiger partial charge in [-0.05, 0) is 30.6 Å². The lowest BCUT2D eigenvalue weighted by molar-refractivity contribution is -0.0195. The van der Waals surface area contributed by atoms with E-state index in [4.69, 9.17) is 10.5 Å². The molecule has 2 unspecified atom stereocenters. The molecule has 3 nitrogen and oxygen atoms in total. The third-order valence-corrected chi connectivity index (χ3v) is 4.03. The van der Waals surface area contributed by atoms with Gasteiger partial charge >= 0.3 is 0 Å². The van der Waals surface area contributed by atoms with Gasteiger partial charge in [-0.3, -0.25) is 0 Å². The van der Waals surface area contributed by atoms with Gasteiger partial charge in [0.1, 0.15) is 5.60 Å². The molecule has 1 saturated carbocycles. The molecule has 1 aliphatic heterocycles. The first kappa shape index (κ1) is 9.81. The second kappa shape index (κ2) is 3.14. The molecule has 2 N–H and O–H groups in total. The van der Waals surface area contributed by atoms with E-state index in [1.807, 2.05) is 0 Å². The topological polar surface area (TPSA) is 47.6 Å². The van der Waals surface area contributed by atoms with E-state index in [1.165, 1.54) is 0 Å². The Morgan fingerprint density at radius 2 is 1.86 bits per heavy atom. The molecule has 0 saturated heterocycles. The lowest BCUT2D eigenvalue weighted by atomic mass is 9.68. The number of aliphatic imine (C=N–C) groups is 1. The first-order valence-electron chi connectivity index (χ1n) is 5.51. The average molecular weight is 196 g/mol. The zero-order valence-corrected chi connectivity index (χ0v) is 9.29. The van der Waals surface area contributed by atoms with E-state index in [-0.39, 0.29) is 5.60 Å². The van der Waals surface area contributed by atoms with Crippen LogP contribution in [0.3, 0.4) is 0 Å². The number of nitrogens with two attached hydrogens (primary N) is 1. The minimum absolute atomic E-state index is 0.0601. The molecule has 1 spiro atoms. The first-order valence-corrected chi connectivity index (χ1v) is 5.51. The molecular weight excluding hydrogens is 176 g/mol. The largest absolute Gasteiger partial charge is 0.457 e. The Labute approximate surface area is 85.7 Å². The van der Waals surface area contributed by atoms with E-state index in [0.29, 0.717) is 17.9 Å². The van der Waals surface area contributed by atoms with Crippen LogP contribution in [-0.2, 0) is 4.74 Å². The molecule has 80 valence electrons. The van der Waals surface area contributed by atoms with Crippen LogP contribution in [0, 0.1) is 17.8 Å². The van der Waals surface area contributed by atoms with Gasteiger partial charge in [0.05, 0.1) is 6.54 Å². The molecule has 14 heavy (non-hydrogen) atoms. The SMILES string of the molecule is CC1CC2(CN=C(N)O2)CC(C)C1C. The molecule has 0 aromatic heterocycles. The summed E-state index contributed by atoms with van der Waals surface area (Å²) in [7, 11) is 0. The summed E-state index contributed by atoms with van der Waals surface area (Å²) in [6.45, 7) is 7.71. The van der Waals surface area contributed by atoms with E-state index < -0.39 is 0 Å². The highest BCUT2D eigenvalue weighted by molar-refractivity contribution is 5.73. The Bertz CT molecular complexity index is 250. The molecule has 1 fully saturated rings. The highest BCUT2D eigenvalue weighted by Gasteiger charge is 2.45. The lowest BCUT2D eigenvalue weighted by Gasteiger charge is -2.42. The molecule has 2 rings (SSSR count). The summed E-state index contributed by atoms with van der Waals surface area (Å²) in [4.78, 5) is 4.18. The van der Waals surface area contributed by atoms with Gasteiger partial charge in [0.2, 0.25) is 0 Å². The summed E-state index contributed by atoms with van der Waals surface area (Å²) in [5.41, 5.74) is 5.53. The number of nitrogens with zero attached hydrogens (tertiary/aromatic N) is 1. The van der Waals surface area contributed by atoms with Crippen LogP contribution < -0.4 is 5.73 Å². The summed E-state index contributed by atoms with van der Waals surface area (Å²) >= 11 is 0. The van der Waals surface area contributed by atoms with Crippen molar-refractivity contribution in [2.75, 3.05) is 6.54 Å². The normalized spacial score (nSPS) is 47.6. The molecule has 1 heterocycles. The van der Waals surface area contributed by atoms with E-state index in [9.17, 15) is 0 Å². The van der Waals surface area contributed by atoms with Gasteiger partial charge < -0.3 is 10.5 Å². The van der Waals surface area contributed by atoms with E-state index in [0.717, 1.165) is 25.3 Å². The van der Waals surface area contributed by atoms with Crippen molar-refractivity contribution in [3.63, 3.8) is 0 Å². The fourth-order valence-electron chi connectivity index (χ4n) is 2.91. The van der Waals surface area contributed by atoms with Crippen molar-refractivity contribution in [3.8, 4) is 0 Å². The smallest absolute Gasteiger partial charge is 0.282 e. The van der Waals surface area contributed by atoms with Crippen molar-refractivity contribution in [2.24, 2.45) is 28.5 Å². The Balaban J connectivity index is 2.10. The molecule has 0 amide bonds. The molecule has 0 aromatic carbocycles. The zero-order chi connectivity index (χ0) is 10.3. The summed E-state index contributed by atoms with van der Waals surface area (Å²) in [5.74, 6) is 2.20. The van der Waals surface area contributed by atoms with Crippen molar-refractivity contribution in [1.29, 1.82) is 0 Å². The maximum absolute atomic E-state index is 5.71. The maximum Gasteiger partial charge on any atom is 0.282 e. The van der Waals surface area contributed by atoms with Gasteiger partial charge in [-0.25, -0.2) is 4.99 Å². The number of ether oxygens (including phenoxy) is 1. The Kier molecular flexibility index (Phi) is 2.20. The summed E-state index contributed by atoms with van der Waals surface area (Å²) in [6, 6.07) is 0.388. The number of amidine groups is 1. The molecule has 0 bridgehead atoms. The number of rotatable bonds is 0. The Morgan fingerprint density at radius 3 is 2.29 bits per heavy atom. The predicted molar refractivity (Wildman–Crippen MR) is 57.0 cm³/mol.